The highest BCUT2D eigenvalue weighted by Gasteiger charge is 2.05. The lowest BCUT2D eigenvalue weighted by Gasteiger charge is -2.11. The second-order valence-corrected chi connectivity index (χ2v) is 7.00. The minimum Gasteiger partial charge on any atom is -0.340 e. The number of nitrogens with one attached hydrogen (secondary N) is 3. The Morgan fingerprint density at radius 1 is 0.857 bits per heavy atom. The van der Waals surface area contributed by atoms with Crippen molar-refractivity contribution >= 4 is 34.7 Å². The number of aryl methyl sites for hydroxylation is 1. The van der Waals surface area contributed by atoms with E-state index in [0.717, 1.165) is 22.8 Å². The molecule has 0 bridgehead atoms. The number of rotatable bonds is 6. The van der Waals surface area contributed by atoms with Gasteiger partial charge in [0.15, 0.2) is 0 Å². The first-order valence-corrected chi connectivity index (χ1v) is 9.26. The molecule has 0 saturated carbocycles. The van der Waals surface area contributed by atoms with E-state index >= 15 is 0 Å². The Bertz CT molecular complexity index is 950. The summed E-state index contributed by atoms with van der Waals surface area (Å²) >= 11 is 0. The van der Waals surface area contributed by atoms with Crippen LogP contribution >= 0.6 is 0 Å². The zero-order valence-corrected chi connectivity index (χ0v) is 16.6. The summed E-state index contributed by atoms with van der Waals surface area (Å²) in [5, 5.41) is 9.28. The molecule has 6 heteroatoms. The average Bonchev–Trinajstić information content (AvgIpc) is 2.63. The number of hydrogen-bond acceptors (Lipinski definition) is 5. The summed E-state index contributed by atoms with van der Waals surface area (Å²) in [6.07, 6.45) is 0. The van der Waals surface area contributed by atoms with Crippen molar-refractivity contribution in [3.05, 3.63) is 65.9 Å². The van der Waals surface area contributed by atoms with Crippen molar-refractivity contribution in [3.63, 3.8) is 0 Å². The van der Waals surface area contributed by atoms with Crippen LogP contribution in [-0.2, 0) is 4.79 Å². The Hall–Kier alpha value is -3.41. The molecule has 0 aliphatic carbocycles. The minimum absolute atomic E-state index is 0.0933. The summed E-state index contributed by atoms with van der Waals surface area (Å²) in [4.78, 5) is 20.1. The van der Waals surface area contributed by atoms with E-state index < -0.39 is 0 Å². The zero-order chi connectivity index (χ0) is 20.1. The first-order valence-electron chi connectivity index (χ1n) is 9.26. The van der Waals surface area contributed by atoms with E-state index in [0.29, 0.717) is 17.7 Å². The van der Waals surface area contributed by atoms with Gasteiger partial charge in [-0.1, -0.05) is 26.0 Å². The number of benzene rings is 2. The lowest BCUT2D eigenvalue weighted by Crippen LogP contribution is -2.05. The normalized spacial score (nSPS) is 10.6. The maximum atomic E-state index is 11.1. The Morgan fingerprint density at radius 2 is 1.43 bits per heavy atom. The minimum atomic E-state index is -0.0933. The third-order valence-corrected chi connectivity index (χ3v) is 4.17. The van der Waals surface area contributed by atoms with Crippen LogP contribution in [0, 0.1) is 6.92 Å². The van der Waals surface area contributed by atoms with Gasteiger partial charge in [0.05, 0.1) is 0 Å². The molecule has 0 aliphatic heterocycles. The molecule has 0 unspecified atom stereocenters. The molecule has 0 spiro atoms. The molecule has 0 radical (unpaired) electrons. The second kappa shape index (κ2) is 8.52. The summed E-state index contributed by atoms with van der Waals surface area (Å²) in [5.41, 5.74) is 4.72. The smallest absolute Gasteiger partial charge is 0.229 e. The van der Waals surface area contributed by atoms with Crippen LogP contribution in [0.1, 0.15) is 37.9 Å². The van der Waals surface area contributed by atoms with E-state index in [1.54, 1.807) is 0 Å². The monoisotopic (exact) mass is 375 g/mol. The highest BCUT2D eigenvalue weighted by atomic mass is 16.1. The van der Waals surface area contributed by atoms with Crippen molar-refractivity contribution in [2.75, 3.05) is 16.0 Å². The number of carbonyl (C=O) groups excluding carboxylic acids is 1. The first kappa shape index (κ1) is 19.4. The van der Waals surface area contributed by atoms with E-state index in [4.69, 9.17) is 0 Å². The van der Waals surface area contributed by atoms with Gasteiger partial charge in [0.2, 0.25) is 11.9 Å². The van der Waals surface area contributed by atoms with E-state index in [1.165, 1.54) is 12.5 Å². The molecule has 3 aromatic rings. The molecule has 1 heterocycles. The average molecular weight is 375 g/mol. The third kappa shape index (κ3) is 5.30. The maximum absolute atomic E-state index is 11.1. The summed E-state index contributed by atoms with van der Waals surface area (Å²) in [6.45, 7) is 7.76. The fourth-order valence-electron chi connectivity index (χ4n) is 2.76. The van der Waals surface area contributed by atoms with Crippen LogP contribution in [0.2, 0.25) is 0 Å². The summed E-state index contributed by atoms with van der Waals surface area (Å²) in [7, 11) is 0. The van der Waals surface area contributed by atoms with Crippen molar-refractivity contribution < 1.29 is 4.79 Å². The molecule has 1 aromatic heterocycles. The van der Waals surface area contributed by atoms with Gasteiger partial charge in [0.25, 0.3) is 0 Å². The Balaban J connectivity index is 1.73. The van der Waals surface area contributed by atoms with E-state index in [2.05, 4.69) is 51.9 Å². The number of aromatic nitrogens is 2. The van der Waals surface area contributed by atoms with Crippen molar-refractivity contribution in [3.8, 4) is 0 Å². The zero-order valence-electron chi connectivity index (χ0n) is 16.6. The van der Waals surface area contributed by atoms with Crippen molar-refractivity contribution in [1.82, 2.24) is 9.97 Å². The number of carbonyl (C=O) groups is 1. The highest BCUT2D eigenvalue weighted by Crippen LogP contribution is 2.22. The van der Waals surface area contributed by atoms with Gasteiger partial charge in [0.1, 0.15) is 5.82 Å². The fraction of sp³-hybridized carbons (Fsp3) is 0.227. The molecule has 144 valence electrons. The molecule has 0 fully saturated rings. The molecular formula is C22H25N5O. The van der Waals surface area contributed by atoms with Crippen LogP contribution < -0.4 is 16.0 Å². The standard InChI is InChI=1S/C22H25N5O/c1-14(2)17-5-7-20(8-6-17)26-22-23-15(3)13-21(27-22)25-19-11-9-18(10-12-19)24-16(4)28/h5-14H,1-4H3,(H,24,28)(H2,23,25,26,27). The van der Waals surface area contributed by atoms with Crippen molar-refractivity contribution in [1.29, 1.82) is 0 Å². The van der Waals surface area contributed by atoms with Gasteiger partial charge in [0, 0.05) is 35.7 Å². The Labute approximate surface area is 165 Å². The quantitative estimate of drug-likeness (QED) is 0.541. The topological polar surface area (TPSA) is 78.9 Å². The SMILES string of the molecule is CC(=O)Nc1ccc(Nc2cc(C)nc(Nc3ccc(C(C)C)cc3)n2)cc1. The van der Waals surface area contributed by atoms with E-state index in [1.807, 2.05) is 49.4 Å². The fourth-order valence-corrected chi connectivity index (χ4v) is 2.76. The number of anilines is 5. The molecule has 0 saturated heterocycles. The first-order chi connectivity index (χ1) is 13.4. The van der Waals surface area contributed by atoms with Crippen LogP contribution in [0.3, 0.4) is 0 Å². The van der Waals surface area contributed by atoms with Gasteiger partial charge in [-0.25, -0.2) is 4.98 Å². The van der Waals surface area contributed by atoms with Crippen molar-refractivity contribution in [2.45, 2.75) is 33.6 Å². The Kier molecular flexibility index (Phi) is 5.89. The van der Waals surface area contributed by atoms with Gasteiger partial charge in [-0.15, -0.1) is 0 Å². The molecule has 0 atom stereocenters. The van der Waals surface area contributed by atoms with Crippen LogP contribution in [0.4, 0.5) is 28.8 Å². The number of amides is 1. The van der Waals surface area contributed by atoms with Gasteiger partial charge in [-0.05, 0) is 54.8 Å². The summed E-state index contributed by atoms with van der Waals surface area (Å²) < 4.78 is 0. The third-order valence-electron chi connectivity index (χ3n) is 4.17. The maximum Gasteiger partial charge on any atom is 0.229 e. The molecule has 3 N–H and O–H groups in total. The molecule has 6 nitrogen and oxygen atoms in total. The van der Waals surface area contributed by atoms with E-state index in [-0.39, 0.29) is 5.91 Å². The van der Waals surface area contributed by atoms with Crippen LogP contribution in [0.5, 0.6) is 0 Å². The van der Waals surface area contributed by atoms with Gasteiger partial charge < -0.3 is 16.0 Å². The predicted octanol–water partition coefficient (Wildman–Crippen LogP) is 5.35. The number of nitrogens with zero attached hydrogens (tertiary/aromatic N) is 2. The number of hydrogen-bond donors (Lipinski definition) is 3. The Morgan fingerprint density at radius 3 is 2.04 bits per heavy atom. The molecule has 28 heavy (non-hydrogen) atoms. The van der Waals surface area contributed by atoms with Crippen LogP contribution in [0.15, 0.2) is 54.6 Å². The molecule has 3 rings (SSSR count). The largest absolute Gasteiger partial charge is 0.340 e. The van der Waals surface area contributed by atoms with Crippen molar-refractivity contribution in [2.24, 2.45) is 0 Å². The van der Waals surface area contributed by atoms with E-state index in [9.17, 15) is 4.79 Å². The van der Waals surface area contributed by atoms with Crippen LogP contribution in [0.25, 0.3) is 0 Å². The van der Waals surface area contributed by atoms with Gasteiger partial charge in [-0.3, -0.25) is 4.79 Å². The highest BCUT2D eigenvalue weighted by molar-refractivity contribution is 5.88. The molecule has 1 amide bonds. The molecule has 0 aliphatic rings. The molecular weight excluding hydrogens is 350 g/mol. The predicted molar refractivity (Wildman–Crippen MR) is 115 cm³/mol. The summed E-state index contributed by atoms with van der Waals surface area (Å²) in [6, 6.07) is 17.6. The molecule has 2 aromatic carbocycles. The second-order valence-electron chi connectivity index (χ2n) is 7.00. The van der Waals surface area contributed by atoms with Gasteiger partial charge in [-0.2, -0.15) is 4.98 Å². The summed E-state index contributed by atoms with van der Waals surface area (Å²) in [5.74, 6) is 1.64. The lowest BCUT2D eigenvalue weighted by molar-refractivity contribution is -0.114. The van der Waals surface area contributed by atoms with Crippen LogP contribution in [-0.4, -0.2) is 15.9 Å². The lowest BCUT2D eigenvalue weighted by atomic mass is 10.0. The van der Waals surface area contributed by atoms with Gasteiger partial charge >= 0.3 is 0 Å².